The largest absolute Gasteiger partial charge is 0.327 e. The molecule has 8 heteroatoms. The molecule has 1 amide bonds. The topological polar surface area (TPSA) is 74.8 Å². The molecule has 0 spiro atoms. The fourth-order valence-corrected chi connectivity index (χ4v) is 4.03. The minimum atomic E-state index is -0.310. The summed E-state index contributed by atoms with van der Waals surface area (Å²) in [4.78, 5) is 15.3. The molecule has 176 valence electrons. The van der Waals surface area contributed by atoms with E-state index in [1.54, 1.807) is 35.5 Å². The third kappa shape index (κ3) is 5.81. The molecule has 3 aromatic carbocycles. The van der Waals surface area contributed by atoms with Crippen LogP contribution in [-0.2, 0) is 19.6 Å². The highest BCUT2D eigenvalue weighted by Gasteiger charge is 2.21. The minimum absolute atomic E-state index is 0.155. The zero-order valence-electron chi connectivity index (χ0n) is 19.4. The van der Waals surface area contributed by atoms with Crippen molar-refractivity contribution in [3.63, 3.8) is 0 Å². The van der Waals surface area contributed by atoms with E-state index in [0.29, 0.717) is 30.0 Å². The summed E-state index contributed by atoms with van der Waals surface area (Å²) in [5, 5.41) is 17.4. The van der Waals surface area contributed by atoms with Crippen LogP contribution in [0.3, 0.4) is 0 Å². The smallest absolute Gasteiger partial charge is 0.254 e. The van der Waals surface area contributed by atoms with Gasteiger partial charge in [0.15, 0.2) is 5.82 Å². The summed E-state index contributed by atoms with van der Waals surface area (Å²) >= 11 is 3.48. The van der Waals surface area contributed by atoms with Crippen LogP contribution in [0.5, 0.6) is 0 Å². The van der Waals surface area contributed by atoms with Gasteiger partial charge in [0.05, 0.1) is 24.7 Å². The Kier molecular flexibility index (Phi) is 7.37. The zero-order chi connectivity index (χ0) is 24.9. The molecule has 0 aliphatic carbocycles. The van der Waals surface area contributed by atoms with Gasteiger partial charge in [-0.05, 0) is 78.6 Å². The summed E-state index contributed by atoms with van der Waals surface area (Å²) in [5.41, 5.74) is 4.72. The molecule has 0 bridgehead atoms. The number of aryl methyl sites for hydroxylation is 2. The lowest BCUT2D eigenvalue weighted by Crippen LogP contribution is -2.31. The maximum atomic E-state index is 13.7. The number of rotatable bonds is 7. The van der Waals surface area contributed by atoms with Gasteiger partial charge in [0.2, 0.25) is 0 Å². The van der Waals surface area contributed by atoms with Crippen LogP contribution in [0.4, 0.5) is 4.39 Å². The Labute approximate surface area is 211 Å². The number of carbonyl (C=O) groups is 1. The van der Waals surface area contributed by atoms with Gasteiger partial charge in [-0.1, -0.05) is 34.1 Å². The van der Waals surface area contributed by atoms with Crippen LogP contribution in [0.1, 0.15) is 44.0 Å². The molecule has 0 radical (unpaired) electrons. The Morgan fingerprint density at radius 1 is 1.06 bits per heavy atom. The second-order valence-corrected chi connectivity index (χ2v) is 9.23. The fourth-order valence-electron chi connectivity index (χ4n) is 3.79. The fraction of sp³-hybridized carbons (Fsp3) is 0.185. The van der Waals surface area contributed by atoms with Crippen molar-refractivity contribution >= 4 is 21.8 Å². The third-order valence-corrected chi connectivity index (χ3v) is 6.71. The number of hydrogen-bond donors (Lipinski definition) is 0. The molecule has 0 N–H and O–H groups in total. The van der Waals surface area contributed by atoms with Gasteiger partial charge >= 0.3 is 0 Å². The quantitative estimate of drug-likeness (QED) is 0.313. The molecule has 4 aromatic rings. The van der Waals surface area contributed by atoms with Gasteiger partial charge in [0.25, 0.3) is 5.91 Å². The van der Waals surface area contributed by atoms with Crippen molar-refractivity contribution in [1.29, 1.82) is 5.26 Å². The molecule has 35 heavy (non-hydrogen) atoms. The van der Waals surface area contributed by atoms with Gasteiger partial charge in [-0.25, -0.2) is 4.39 Å². The molecule has 0 atom stereocenters. The highest BCUT2D eigenvalue weighted by molar-refractivity contribution is 9.10. The van der Waals surface area contributed by atoms with Crippen LogP contribution in [0.15, 0.2) is 71.5 Å². The van der Waals surface area contributed by atoms with Gasteiger partial charge in [-0.3, -0.25) is 4.79 Å². The molecule has 0 unspecified atom stereocenters. The molecule has 0 aliphatic rings. The first-order valence-electron chi connectivity index (χ1n) is 11.0. The van der Waals surface area contributed by atoms with Crippen molar-refractivity contribution in [2.45, 2.75) is 33.5 Å². The summed E-state index contributed by atoms with van der Waals surface area (Å²) in [7, 11) is 0. The SMILES string of the molecule is Cc1cc(C(=O)N(Cc2ccc(F)cc2C)Cc2nncn2Cc2ccc(C#N)cc2)ccc1Br. The van der Waals surface area contributed by atoms with Gasteiger partial charge in [0, 0.05) is 16.6 Å². The van der Waals surface area contributed by atoms with Crippen LogP contribution < -0.4 is 0 Å². The number of halogens is 2. The summed E-state index contributed by atoms with van der Waals surface area (Å²) in [6, 6.07) is 19.5. The molecule has 4 rings (SSSR count). The lowest BCUT2D eigenvalue weighted by molar-refractivity contribution is 0.0723. The van der Waals surface area contributed by atoms with Gasteiger partial charge in [-0.2, -0.15) is 5.26 Å². The highest BCUT2D eigenvalue weighted by Crippen LogP contribution is 2.21. The van der Waals surface area contributed by atoms with E-state index in [2.05, 4.69) is 32.2 Å². The molecule has 1 aromatic heterocycles. The van der Waals surface area contributed by atoms with Crippen molar-refractivity contribution in [2.75, 3.05) is 0 Å². The van der Waals surface area contributed by atoms with Gasteiger partial charge in [0.1, 0.15) is 12.1 Å². The first-order valence-corrected chi connectivity index (χ1v) is 11.8. The lowest BCUT2D eigenvalue weighted by Gasteiger charge is -2.24. The Hall–Kier alpha value is -3.83. The standard InChI is InChI=1S/C27H23BrFN5O/c1-18-12-24(29)9-7-23(18)15-33(27(35)22-8-10-25(28)19(2)11-22)16-26-32-31-17-34(26)14-21-5-3-20(13-30)4-6-21/h3-12,17H,14-16H2,1-2H3. The summed E-state index contributed by atoms with van der Waals surface area (Å²) < 4.78 is 16.5. The number of nitriles is 1. The van der Waals surface area contributed by atoms with Gasteiger partial charge < -0.3 is 9.47 Å². The average Bonchev–Trinajstić information content (AvgIpc) is 3.28. The maximum Gasteiger partial charge on any atom is 0.254 e. The lowest BCUT2D eigenvalue weighted by atomic mass is 10.1. The van der Waals surface area contributed by atoms with Crippen molar-refractivity contribution < 1.29 is 9.18 Å². The Morgan fingerprint density at radius 3 is 2.51 bits per heavy atom. The maximum absolute atomic E-state index is 13.7. The number of aromatic nitrogens is 3. The van der Waals surface area contributed by atoms with Crippen LogP contribution in [-0.4, -0.2) is 25.6 Å². The monoisotopic (exact) mass is 531 g/mol. The molecule has 0 saturated heterocycles. The average molecular weight is 532 g/mol. The highest BCUT2D eigenvalue weighted by atomic mass is 79.9. The van der Waals surface area contributed by atoms with Crippen LogP contribution in [0, 0.1) is 31.0 Å². The second kappa shape index (κ2) is 10.6. The van der Waals surface area contributed by atoms with Crippen LogP contribution >= 0.6 is 15.9 Å². The Balaban J connectivity index is 1.63. The number of hydrogen-bond acceptors (Lipinski definition) is 4. The molecule has 6 nitrogen and oxygen atoms in total. The van der Waals surface area contributed by atoms with E-state index in [0.717, 1.165) is 26.7 Å². The third-order valence-electron chi connectivity index (χ3n) is 5.82. The molecular weight excluding hydrogens is 509 g/mol. The van der Waals surface area contributed by atoms with Crippen LogP contribution in [0.25, 0.3) is 0 Å². The zero-order valence-corrected chi connectivity index (χ0v) is 21.0. The van der Waals surface area contributed by atoms with Crippen molar-refractivity contribution in [1.82, 2.24) is 19.7 Å². The number of benzene rings is 3. The molecule has 0 aliphatic heterocycles. The van der Waals surface area contributed by atoms with E-state index < -0.39 is 0 Å². The van der Waals surface area contributed by atoms with E-state index in [4.69, 9.17) is 5.26 Å². The number of carbonyl (C=O) groups excluding carboxylic acids is 1. The molecule has 1 heterocycles. The summed E-state index contributed by atoms with van der Waals surface area (Å²) in [6.07, 6.45) is 1.63. The van der Waals surface area contributed by atoms with Crippen molar-refractivity contribution in [3.8, 4) is 6.07 Å². The molecule has 0 fully saturated rings. The number of nitrogens with zero attached hydrogens (tertiary/aromatic N) is 5. The van der Waals surface area contributed by atoms with E-state index in [1.165, 1.54) is 12.1 Å². The van der Waals surface area contributed by atoms with E-state index in [-0.39, 0.29) is 18.3 Å². The van der Waals surface area contributed by atoms with Crippen molar-refractivity contribution in [2.24, 2.45) is 0 Å². The number of amides is 1. The molecular formula is C27H23BrFN5O. The van der Waals surface area contributed by atoms with Gasteiger partial charge in [-0.15, -0.1) is 10.2 Å². The van der Waals surface area contributed by atoms with Crippen molar-refractivity contribution in [3.05, 3.63) is 116 Å². The van der Waals surface area contributed by atoms with Crippen LogP contribution in [0.2, 0.25) is 0 Å². The van der Waals surface area contributed by atoms with E-state index >= 15 is 0 Å². The Bertz CT molecular complexity index is 1410. The predicted molar refractivity (Wildman–Crippen MR) is 134 cm³/mol. The Morgan fingerprint density at radius 2 is 1.83 bits per heavy atom. The first-order chi connectivity index (χ1) is 16.8. The second-order valence-electron chi connectivity index (χ2n) is 8.38. The van der Waals surface area contributed by atoms with E-state index in [9.17, 15) is 9.18 Å². The predicted octanol–water partition coefficient (Wildman–Crippen LogP) is 5.56. The van der Waals surface area contributed by atoms with E-state index in [1.807, 2.05) is 42.7 Å². The normalized spacial score (nSPS) is 10.7. The molecule has 0 saturated carbocycles. The summed E-state index contributed by atoms with van der Waals surface area (Å²) in [6.45, 7) is 4.79. The summed E-state index contributed by atoms with van der Waals surface area (Å²) in [5.74, 6) is 0.156. The minimum Gasteiger partial charge on any atom is -0.327 e. The first kappa shape index (κ1) is 24.3.